The molecule has 2 aliphatic heterocycles. The maximum Gasteiger partial charge on any atom is 0.173 e. The zero-order chi connectivity index (χ0) is 64.3. The molecule has 12 rings (SSSR count). The Kier molecular flexibility index (Phi) is 19.7. The first-order chi connectivity index (χ1) is 44.5. The molecular formula is C78H90N4O10. The molecule has 5 aromatic carbocycles. The van der Waals surface area contributed by atoms with Gasteiger partial charge in [-0.2, -0.15) is 0 Å². The molecule has 6 aromatic rings. The van der Waals surface area contributed by atoms with Crippen molar-refractivity contribution in [3.8, 4) is 46.7 Å². The molecule has 2 fully saturated rings. The molecule has 13 bridgehead atoms. The van der Waals surface area contributed by atoms with Gasteiger partial charge in [-0.15, -0.1) is 5.92 Å². The van der Waals surface area contributed by atoms with Crippen LogP contribution in [0.25, 0.3) is 10.8 Å². The molecule has 0 spiro atoms. The average Bonchev–Trinajstić information content (AvgIpc) is 0.947. The number of ether oxygens (including phenoxy) is 1. The van der Waals surface area contributed by atoms with Gasteiger partial charge in [0.25, 0.3) is 0 Å². The molecule has 11 N–H and O–H groups in total. The zero-order valence-corrected chi connectivity index (χ0v) is 53.4. The van der Waals surface area contributed by atoms with E-state index in [0.717, 1.165) is 68.8 Å². The fraction of sp³-hybridized carbons (Fsp3) is 0.462. The summed E-state index contributed by atoms with van der Waals surface area (Å²) in [6.07, 6.45) is 8.74. The van der Waals surface area contributed by atoms with E-state index in [4.69, 9.17) is 4.74 Å². The lowest BCUT2D eigenvalue weighted by Crippen LogP contribution is -2.40. The molecule has 0 amide bonds. The van der Waals surface area contributed by atoms with Crippen LogP contribution in [0.15, 0.2) is 121 Å². The number of fused-ring (bicyclic) bond motifs is 15. The molecule has 482 valence electrons. The quantitative estimate of drug-likeness (QED) is 0.0551. The van der Waals surface area contributed by atoms with Crippen molar-refractivity contribution in [2.75, 3.05) is 32.1 Å². The smallest absolute Gasteiger partial charge is 0.173 e. The number of dihydropyridines is 1. The molecule has 0 unspecified atom stereocenters. The minimum absolute atomic E-state index is 0.0203. The summed E-state index contributed by atoms with van der Waals surface area (Å²) in [4.78, 5) is 33.8. The van der Waals surface area contributed by atoms with E-state index in [0.29, 0.717) is 86.7 Å². The third-order valence-corrected chi connectivity index (χ3v) is 21.7. The highest BCUT2D eigenvalue weighted by atomic mass is 16.5. The standard InChI is InChI=1S/C78H90N4O10/c1-5-10-62-55-30-54-29-49-20-23-64(66-39-73(88)74(92-4)35-50(66)21-24-71(86)78(91)77(90)67(49)34-55)63-14-7-6-13-61(63)53-27-44(2)65(33-48-12-9-16-70(85)69(48)43-83)47(28-53)11-8-15-60(54)51-25-26-80-75(36-51)82-57-22-19-46-17-18-52(76(89)68(46)37-57)32-59(84)42-79-40-45(3)56-31-58(81-41-56)38-72(62)87/h6-7,9,12-14,16-19,22,25,31,35-37,39,41,44-45,47,49,53-55,59-60,62,64-65,67,72,78-85,87-89,91H,5,10,15,21,24,26-30,32-34,38,40,42-43H2,1-4H3/t44-,45+,47-,49-,53+,54-,55-,59+,60-,62+,64-,65+,67+,72+,78+/m0/s1. The number of carbonyl (C=O) groups excluding carboxylic acids is 2. The van der Waals surface area contributed by atoms with Gasteiger partial charge in [-0.25, -0.2) is 0 Å². The van der Waals surface area contributed by atoms with Crippen molar-refractivity contribution in [1.82, 2.24) is 15.6 Å². The molecule has 0 saturated heterocycles. The number of anilines is 1. The lowest BCUT2D eigenvalue weighted by Gasteiger charge is -2.40. The molecule has 14 nitrogen and oxygen atoms in total. The summed E-state index contributed by atoms with van der Waals surface area (Å²) in [5, 5.41) is 94.1. The van der Waals surface area contributed by atoms with Crippen molar-refractivity contribution in [1.29, 1.82) is 0 Å². The monoisotopic (exact) mass is 1240 g/mol. The number of H-pyrrole nitrogens is 1. The number of aromatic hydroxyl groups is 3. The van der Waals surface area contributed by atoms with E-state index in [-0.39, 0.29) is 109 Å². The Balaban J connectivity index is 1.07. The van der Waals surface area contributed by atoms with Crippen LogP contribution in [0, 0.1) is 76.9 Å². The first-order valence-corrected chi connectivity index (χ1v) is 33.6. The van der Waals surface area contributed by atoms with Crippen LogP contribution >= 0.6 is 0 Å². The largest absolute Gasteiger partial charge is 0.508 e. The van der Waals surface area contributed by atoms with Crippen LogP contribution in [0.2, 0.25) is 0 Å². The lowest BCUT2D eigenvalue weighted by atomic mass is 9.64. The summed E-state index contributed by atoms with van der Waals surface area (Å²) in [5.74, 6) is 12.4. The fourth-order valence-electron chi connectivity index (χ4n) is 16.7. The van der Waals surface area contributed by atoms with Crippen molar-refractivity contribution < 1.29 is 50.1 Å². The van der Waals surface area contributed by atoms with Gasteiger partial charge in [0.2, 0.25) is 0 Å². The molecule has 2 saturated carbocycles. The molecule has 14 heteroatoms. The Morgan fingerprint density at radius 3 is 2.38 bits per heavy atom. The number of nitrogens with one attached hydrogen (secondary N) is 4. The number of rotatable bonds is 6. The van der Waals surface area contributed by atoms with Crippen molar-refractivity contribution in [2.45, 2.75) is 147 Å². The minimum atomic E-state index is -1.91. The number of carbonyl (C=O) groups is 2. The lowest BCUT2D eigenvalue weighted by molar-refractivity contribution is -0.142. The predicted molar refractivity (Wildman–Crippen MR) is 358 cm³/mol. The zero-order valence-electron chi connectivity index (χ0n) is 53.4. The number of aromatic amines is 1. The number of hydrogen-bond acceptors (Lipinski definition) is 13. The number of aryl methyl sites for hydroxylation is 1. The Morgan fingerprint density at radius 1 is 0.739 bits per heavy atom. The van der Waals surface area contributed by atoms with Crippen LogP contribution in [0.4, 0.5) is 5.69 Å². The number of aliphatic hydroxyl groups excluding tert-OH is 4. The predicted octanol–water partition coefficient (Wildman–Crippen LogP) is 11.1. The first-order valence-electron chi connectivity index (χ1n) is 33.6. The highest BCUT2D eigenvalue weighted by Gasteiger charge is 2.46. The second-order valence-electron chi connectivity index (χ2n) is 27.5. The Morgan fingerprint density at radius 2 is 1.57 bits per heavy atom. The molecule has 0 radical (unpaired) electrons. The van der Waals surface area contributed by atoms with Crippen LogP contribution < -0.4 is 20.7 Å². The van der Waals surface area contributed by atoms with Gasteiger partial charge in [0.1, 0.15) is 17.3 Å². The maximum absolute atomic E-state index is 15.6. The second kappa shape index (κ2) is 28.2. The molecule has 15 atom stereocenters. The average molecular weight is 1240 g/mol. The van der Waals surface area contributed by atoms with Crippen molar-refractivity contribution in [2.24, 2.45) is 53.3 Å². The number of hydrogen-bond donors (Lipinski definition) is 11. The van der Waals surface area contributed by atoms with Gasteiger partial charge < -0.3 is 61.4 Å². The maximum atomic E-state index is 15.6. The van der Waals surface area contributed by atoms with Gasteiger partial charge in [-0.05, 0) is 191 Å². The number of ketones is 2. The number of phenols is 3. The number of aliphatic hydroxyl groups is 4. The summed E-state index contributed by atoms with van der Waals surface area (Å²) in [5.41, 5.74) is 9.28. The number of methoxy groups -OCH3 is 1. The molecular weight excluding hydrogens is 1150 g/mol. The van der Waals surface area contributed by atoms with E-state index in [2.05, 4.69) is 102 Å². The molecule has 92 heavy (non-hydrogen) atoms. The van der Waals surface area contributed by atoms with Gasteiger partial charge in [0, 0.05) is 91.6 Å². The first kappa shape index (κ1) is 64.3. The number of β-amino-alcohol motifs (C(OH)–C–C–N with tert-alkyl or cyclic N) is 1. The Bertz CT molecular complexity index is 3900. The third kappa shape index (κ3) is 13.7. The highest BCUT2D eigenvalue weighted by molar-refractivity contribution is 6.06. The number of Topliss-reactive ketones (excluding diaryl/α,β-unsaturated/α-hetero) is 2. The van der Waals surface area contributed by atoms with E-state index < -0.39 is 47.6 Å². The van der Waals surface area contributed by atoms with Gasteiger partial charge in [0.15, 0.2) is 29.2 Å². The molecule has 4 aliphatic carbocycles. The van der Waals surface area contributed by atoms with E-state index in [1.807, 2.05) is 54.7 Å². The van der Waals surface area contributed by atoms with Crippen molar-refractivity contribution in [3.05, 3.63) is 171 Å². The SMILES string of the molecule is CCC[C@@H]1[C@H]2C[C@@H]3C[C@@H]4C#C[C@H](c5cc(O)c(OC)cc5CCC(=O)[C@@H](O)C(=O)[C@@H]4C2)c2ccccc2[C@@H]2C[C@H](C)[C@@H](Cc4cccc(O)c4CO)[C@@H](C#CC[C@H]3C3=CCNC(=C3)Nc3ccc4ccc(c(O)c4c3)C[C@@H](O)CNC[C@@H](C)c3c[nH]c(c3)C[C@H]1O)C2. The Labute approximate surface area is 541 Å². The number of allylic oxidation sites excluding steroid dienone is 2. The second-order valence-corrected chi connectivity index (χ2v) is 27.5. The molecule has 6 aliphatic rings. The van der Waals surface area contributed by atoms with Gasteiger partial charge in [-0.3, -0.25) is 9.59 Å². The summed E-state index contributed by atoms with van der Waals surface area (Å²) in [6, 6.07) is 29.2. The number of phenolic OH excluding ortho intramolecular Hbond substituents is 2. The van der Waals surface area contributed by atoms with E-state index in [9.17, 15) is 40.5 Å². The summed E-state index contributed by atoms with van der Waals surface area (Å²) < 4.78 is 5.71. The number of aromatic nitrogens is 1. The normalized spacial score (nSPS) is 29.5. The molecule has 1 aromatic heterocycles. The summed E-state index contributed by atoms with van der Waals surface area (Å²) >= 11 is 0. The van der Waals surface area contributed by atoms with Gasteiger partial charge in [0.05, 0.1) is 31.8 Å². The van der Waals surface area contributed by atoms with Crippen LogP contribution in [-0.2, 0) is 41.9 Å². The summed E-state index contributed by atoms with van der Waals surface area (Å²) in [6.45, 7) is 7.63. The summed E-state index contributed by atoms with van der Waals surface area (Å²) in [7, 11) is 1.49. The van der Waals surface area contributed by atoms with E-state index >= 15 is 4.79 Å². The van der Waals surface area contributed by atoms with Crippen LogP contribution in [0.1, 0.15) is 147 Å². The van der Waals surface area contributed by atoms with Crippen LogP contribution in [0.5, 0.6) is 23.0 Å². The topological polar surface area (TPSA) is 237 Å². The highest BCUT2D eigenvalue weighted by Crippen LogP contribution is 2.51. The number of benzene rings is 5. The Hall–Kier alpha value is -7.82. The third-order valence-electron chi connectivity index (χ3n) is 21.7. The van der Waals surface area contributed by atoms with E-state index in [1.54, 1.807) is 18.2 Å². The van der Waals surface area contributed by atoms with Crippen molar-refractivity contribution >= 4 is 28.0 Å². The van der Waals surface area contributed by atoms with Crippen LogP contribution in [0.3, 0.4) is 0 Å². The fourth-order valence-corrected chi connectivity index (χ4v) is 16.7. The molecule has 3 heterocycles. The van der Waals surface area contributed by atoms with Crippen molar-refractivity contribution in [3.63, 3.8) is 0 Å². The van der Waals surface area contributed by atoms with Crippen LogP contribution in [-0.4, -0.2) is 97.4 Å². The van der Waals surface area contributed by atoms with E-state index in [1.165, 1.54) is 7.11 Å². The van der Waals surface area contributed by atoms with Gasteiger partial charge >= 0.3 is 0 Å². The minimum Gasteiger partial charge on any atom is -0.508 e. The van der Waals surface area contributed by atoms with Gasteiger partial charge in [-0.1, -0.05) is 106 Å².